The van der Waals surface area contributed by atoms with Gasteiger partial charge >= 0.3 is 0 Å². The minimum atomic E-state index is 0. The normalized spacial score (nSPS) is 10.1. The first-order valence-corrected chi connectivity index (χ1v) is 9.39. The highest BCUT2D eigenvalue weighted by Crippen LogP contribution is 2.26. The van der Waals surface area contributed by atoms with E-state index in [1.807, 2.05) is 60.7 Å². The summed E-state index contributed by atoms with van der Waals surface area (Å²) in [5.74, 6) is 3.03. The number of rotatable bonds is 6. The third-order valence-electron chi connectivity index (χ3n) is 4.44. The third kappa shape index (κ3) is 5.76. The summed E-state index contributed by atoms with van der Waals surface area (Å²) in [6.07, 6.45) is 0.830. The molecule has 0 aromatic heterocycles. The molecule has 4 aromatic rings. The van der Waals surface area contributed by atoms with Gasteiger partial charge in [-0.1, -0.05) is 36.4 Å². The Morgan fingerprint density at radius 2 is 0.900 bits per heavy atom. The topological polar surface area (TPSA) is 70.5 Å². The Balaban J connectivity index is 0.00000256. The van der Waals surface area contributed by atoms with E-state index in [2.05, 4.69) is 24.3 Å². The highest BCUT2D eigenvalue weighted by Gasteiger charge is 2.02. The Morgan fingerprint density at radius 3 is 1.27 bits per heavy atom. The van der Waals surface area contributed by atoms with Crippen LogP contribution in [0.3, 0.4) is 0 Å². The van der Waals surface area contributed by atoms with Gasteiger partial charge in [0.1, 0.15) is 23.0 Å². The maximum atomic E-state index is 5.84. The number of nitrogen functional groups attached to an aromatic ring is 2. The van der Waals surface area contributed by atoms with Crippen molar-refractivity contribution in [1.29, 1.82) is 0 Å². The Morgan fingerprint density at radius 1 is 0.500 bits per heavy atom. The molecule has 4 nitrogen and oxygen atoms in total. The van der Waals surface area contributed by atoms with Gasteiger partial charge in [-0.05, 0) is 66.1 Å². The molecule has 0 aliphatic rings. The molecule has 4 aromatic carbocycles. The van der Waals surface area contributed by atoms with Crippen LogP contribution in [-0.4, -0.2) is 0 Å². The van der Waals surface area contributed by atoms with E-state index in [1.165, 1.54) is 11.1 Å². The molecule has 1 unspecified atom stereocenters. The van der Waals surface area contributed by atoms with Gasteiger partial charge in [-0.25, -0.2) is 0 Å². The number of benzene rings is 4. The number of hydrogen-bond donors (Lipinski definition) is 2. The zero-order valence-electron chi connectivity index (χ0n) is 16.6. The Bertz CT molecular complexity index is 1010. The summed E-state index contributed by atoms with van der Waals surface area (Å²) in [6.45, 7) is 0. The van der Waals surface area contributed by atoms with Gasteiger partial charge in [0.15, 0.2) is 0 Å². The molecule has 30 heavy (non-hydrogen) atoms. The van der Waals surface area contributed by atoms with Gasteiger partial charge in [0.2, 0.25) is 0 Å². The average Bonchev–Trinajstić information content (AvgIpc) is 2.71. The van der Waals surface area contributed by atoms with Crippen LogP contribution in [0.5, 0.6) is 23.0 Å². The third-order valence-corrected chi connectivity index (χ3v) is 4.44. The summed E-state index contributed by atoms with van der Waals surface area (Å²) in [7, 11) is 0. The maximum Gasteiger partial charge on any atom is 0.129 e. The zero-order chi connectivity index (χ0) is 20.1. The first kappa shape index (κ1) is 21.2. The molecular weight excluding hydrogens is 391 g/mol. The summed E-state index contributed by atoms with van der Waals surface area (Å²) < 4.78 is 11.7. The summed E-state index contributed by atoms with van der Waals surface area (Å²) in [5, 5.41) is 0. The lowest BCUT2D eigenvalue weighted by Gasteiger charge is -2.09. The molecule has 1 atom stereocenters. The predicted molar refractivity (Wildman–Crippen MR) is 129 cm³/mol. The number of ether oxygens (including phenoxy) is 2. The molecule has 0 aliphatic heterocycles. The Hall–Kier alpha value is -3.49. The van der Waals surface area contributed by atoms with Crippen LogP contribution >= 0.6 is 9.90 Å². The highest BCUT2D eigenvalue weighted by atomic mass is 31.0. The van der Waals surface area contributed by atoms with E-state index in [-0.39, 0.29) is 9.90 Å². The lowest BCUT2D eigenvalue weighted by molar-refractivity contribution is 0.483. The van der Waals surface area contributed by atoms with E-state index in [4.69, 9.17) is 20.9 Å². The predicted octanol–water partition coefficient (Wildman–Crippen LogP) is 6.08. The molecule has 0 saturated heterocycles. The van der Waals surface area contributed by atoms with Crippen molar-refractivity contribution in [2.24, 2.45) is 0 Å². The summed E-state index contributed by atoms with van der Waals surface area (Å²) >= 11 is 0. The SMILES string of the molecule is Nc1cccc(Oc2ccc(Cc3ccc(Oc4cccc(N)c4)cc3)cc2)c1.P. The van der Waals surface area contributed by atoms with Crippen LogP contribution in [0.4, 0.5) is 11.4 Å². The molecule has 4 rings (SSSR count). The number of nitrogens with two attached hydrogens (primary N) is 2. The second-order valence-electron chi connectivity index (χ2n) is 6.81. The van der Waals surface area contributed by atoms with Crippen molar-refractivity contribution in [3.8, 4) is 23.0 Å². The van der Waals surface area contributed by atoms with Crippen molar-refractivity contribution in [2.45, 2.75) is 6.42 Å². The monoisotopic (exact) mass is 416 g/mol. The molecule has 0 fully saturated rings. The van der Waals surface area contributed by atoms with E-state index in [0.29, 0.717) is 11.4 Å². The van der Waals surface area contributed by atoms with Crippen LogP contribution in [0.1, 0.15) is 11.1 Å². The molecule has 152 valence electrons. The van der Waals surface area contributed by atoms with Crippen LogP contribution < -0.4 is 20.9 Å². The first-order valence-electron chi connectivity index (χ1n) is 9.39. The first-order chi connectivity index (χ1) is 14.1. The fourth-order valence-corrected chi connectivity index (χ4v) is 3.01. The van der Waals surface area contributed by atoms with Gasteiger partial charge in [0.05, 0.1) is 0 Å². The summed E-state index contributed by atoms with van der Waals surface area (Å²) in [6, 6.07) is 31.0. The van der Waals surface area contributed by atoms with Crippen molar-refractivity contribution in [2.75, 3.05) is 11.5 Å². The highest BCUT2D eigenvalue weighted by molar-refractivity contribution is 6.92. The van der Waals surface area contributed by atoms with Gasteiger partial charge in [0, 0.05) is 23.5 Å². The van der Waals surface area contributed by atoms with E-state index in [1.54, 1.807) is 12.1 Å². The van der Waals surface area contributed by atoms with E-state index in [9.17, 15) is 0 Å². The van der Waals surface area contributed by atoms with Crippen molar-refractivity contribution in [1.82, 2.24) is 0 Å². The molecule has 0 bridgehead atoms. The second kappa shape index (κ2) is 9.82. The van der Waals surface area contributed by atoms with E-state index in [0.717, 1.165) is 29.4 Å². The van der Waals surface area contributed by atoms with Crippen molar-refractivity contribution >= 4 is 21.3 Å². The van der Waals surface area contributed by atoms with Crippen LogP contribution in [0.15, 0.2) is 97.1 Å². The van der Waals surface area contributed by atoms with Gasteiger partial charge in [-0.3, -0.25) is 0 Å². The lowest BCUT2D eigenvalue weighted by atomic mass is 10.0. The molecule has 0 spiro atoms. The molecule has 0 radical (unpaired) electrons. The number of anilines is 2. The second-order valence-corrected chi connectivity index (χ2v) is 6.81. The van der Waals surface area contributed by atoms with Crippen LogP contribution in [0.2, 0.25) is 0 Å². The molecular formula is C25H25N2O2P. The number of hydrogen-bond acceptors (Lipinski definition) is 4. The molecule has 0 heterocycles. The molecule has 0 aliphatic carbocycles. The fraction of sp³-hybridized carbons (Fsp3) is 0.0400. The van der Waals surface area contributed by atoms with Crippen LogP contribution in [0.25, 0.3) is 0 Å². The van der Waals surface area contributed by atoms with Crippen LogP contribution in [0, 0.1) is 0 Å². The van der Waals surface area contributed by atoms with Gasteiger partial charge in [0.25, 0.3) is 0 Å². The van der Waals surface area contributed by atoms with Crippen molar-refractivity contribution < 1.29 is 9.47 Å². The lowest BCUT2D eigenvalue weighted by Crippen LogP contribution is -1.91. The van der Waals surface area contributed by atoms with E-state index < -0.39 is 0 Å². The zero-order valence-corrected chi connectivity index (χ0v) is 18.0. The Labute approximate surface area is 180 Å². The van der Waals surface area contributed by atoms with Gasteiger partial charge < -0.3 is 20.9 Å². The average molecular weight is 416 g/mol. The minimum Gasteiger partial charge on any atom is -0.457 e. The summed E-state index contributed by atoms with van der Waals surface area (Å²) in [5.41, 5.74) is 15.3. The summed E-state index contributed by atoms with van der Waals surface area (Å²) in [4.78, 5) is 0. The standard InChI is InChI=1S/C25H22N2O2.H3P/c26-20-3-1-5-24(16-20)28-22-11-7-18(8-12-22)15-19-9-13-23(14-10-19)29-25-6-2-4-21(27)17-25;/h1-14,16-17H,15,26-27H2;1H3. The Kier molecular flexibility index (Phi) is 6.95. The van der Waals surface area contributed by atoms with Crippen LogP contribution in [-0.2, 0) is 6.42 Å². The smallest absolute Gasteiger partial charge is 0.129 e. The fourth-order valence-electron chi connectivity index (χ4n) is 3.01. The molecule has 5 heteroatoms. The van der Waals surface area contributed by atoms with Crippen molar-refractivity contribution in [3.05, 3.63) is 108 Å². The largest absolute Gasteiger partial charge is 0.457 e. The maximum absolute atomic E-state index is 5.84. The minimum absolute atomic E-state index is 0. The van der Waals surface area contributed by atoms with E-state index >= 15 is 0 Å². The quantitative estimate of drug-likeness (QED) is 0.295. The molecule has 0 amide bonds. The van der Waals surface area contributed by atoms with Gasteiger partial charge in [-0.15, -0.1) is 0 Å². The van der Waals surface area contributed by atoms with Gasteiger partial charge in [-0.2, -0.15) is 9.90 Å². The molecule has 0 saturated carbocycles. The van der Waals surface area contributed by atoms with Crippen molar-refractivity contribution in [3.63, 3.8) is 0 Å². The molecule has 4 N–H and O–H groups in total.